The van der Waals surface area contributed by atoms with Crippen LogP contribution in [0.5, 0.6) is 0 Å². The average Bonchev–Trinajstić information content (AvgIpc) is 3.48. The van der Waals surface area contributed by atoms with Crippen molar-refractivity contribution in [2.75, 3.05) is 13.1 Å². The summed E-state index contributed by atoms with van der Waals surface area (Å²) in [5.41, 5.74) is 2.52. The van der Waals surface area contributed by atoms with Gasteiger partial charge in [0.2, 0.25) is 0 Å². The maximum absolute atomic E-state index is 11.7. The summed E-state index contributed by atoms with van der Waals surface area (Å²) >= 11 is 0. The number of ketones is 1. The molecule has 1 aromatic carbocycles. The predicted molar refractivity (Wildman–Crippen MR) is 158 cm³/mol. The summed E-state index contributed by atoms with van der Waals surface area (Å²) in [4.78, 5) is 22.7. The summed E-state index contributed by atoms with van der Waals surface area (Å²) in [6.07, 6.45) is 21.4. The fourth-order valence-electron chi connectivity index (χ4n) is 9.88. The molecule has 3 saturated heterocycles. The van der Waals surface area contributed by atoms with Gasteiger partial charge in [-0.2, -0.15) is 0 Å². The highest BCUT2D eigenvalue weighted by Crippen LogP contribution is 2.47. The van der Waals surface area contributed by atoms with Crippen LogP contribution in [0.1, 0.15) is 115 Å². The van der Waals surface area contributed by atoms with Gasteiger partial charge >= 0.3 is 0 Å². The van der Waals surface area contributed by atoms with Gasteiger partial charge in [0.05, 0.1) is 11.0 Å². The summed E-state index contributed by atoms with van der Waals surface area (Å²) in [6, 6.07) is 12.3. The van der Waals surface area contributed by atoms with Gasteiger partial charge in [0.25, 0.3) is 0 Å². The second kappa shape index (κ2) is 11.3. The third-order valence-corrected chi connectivity index (χ3v) is 11.5. The van der Waals surface area contributed by atoms with Crippen molar-refractivity contribution in [3.8, 4) is 0 Å². The molecule has 0 spiro atoms. The first-order valence-electron chi connectivity index (χ1n) is 16.6. The molecule has 2 saturated carbocycles. The van der Waals surface area contributed by atoms with Crippen LogP contribution in [-0.2, 0) is 11.2 Å². The van der Waals surface area contributed by atoms with E-state index in [0.717, 1.165) is 49.5 Å². The molecule has 212 valence electrons. The molecular weight excluding hydrogens is 480 g/mol. The zero-order chi connectivity index (χ0) is 26.3. The number of hydrogen-bond acceptors (Lipinski definition) is 4. The number of carbonyl (C=O) groups excluding carboxylic acids is 1. The molecule has 5 aliphatic rings. The molecule has 2 aromatic rings. The van der Waals surface area contributed by atoms with E-state index in [4.69, 9.17) is 4.98 Å². The molecule has 3 aliphatic heterocycles. The third kappa shape index (κ3) is 5.35. The molecule has 5 nitrogen and oxygen atoms in total. The standard InChI is InChI=1S/C34H50N4O/c1-24(39)15-17-36-16-7-12-27(36)23-34-35-32-13-4-5-14-33(32)38(34)31-21-28-10-6-11-29(22-31)37(28)30-19-25-8-2-3-9-26(18-25)20-30/h4-5,13-14,25-31H,2-3,6-12,15-23H2,1H3/t25-,26+,27-,28-,29+,30-,31+/m0/s1. The van der Waals surface area contributed by atoms with Gasteiger partial charge in [-0.15, -0.1) is 0 Å². The summed E-state index contributed by atoms with van der Waals surface area (Å²) in [7, 11) is 0. The Morgan fingerprint density at radius 1 is 0.821 bits per heavy atom. The zero-order valence-electron chi connectivity index (χ0n) is 24.3. The Balaban J connectivity index is 1.14. The van der Waals surface area contributed by atoms with E-state index in [0.29, 0.717) is 24.3 Å². The number of imidazole rings is 1. The fourth-order valence-corrected chi connectivity index (χ4v) is 9.88. The molecule has 4 bridgehead atoms. The van der Waals surface area contributed by atoms with Crippen molar-refractivity contribution in [1.29, 1.82) is 0 Å². The Labute approximate surface area is 235 Å². The number of benzene rings is 1. The molecule has 5 heteroatoms. The van der Waals surface area contributed by atoms with E-state index >= 15 is 0 Å². The predicted octanol–water partition coefficient (Wildman–Crippen LogP) is 6.94. The van der Waals surface area contributed by atoms with E-state index in [1.165, 1.54) is 107 Å². The Hall–Kier alpha value is -1.72. The minimum Gasteiger partial charge on any atom is -0.325 e. The molecule has 0 unspecified atom stereocenters. The van der Waals surface area contributed by atoms with Crippen LogP contribution in [0.3, 0.4) is 0 Å². The van der Waals surface area contributed by atoms with Crippen molar-refractivity contribution in [3.05, 3.63) is 30.1 Å². The molecule has 0 N–H and O–H groups in total. The molecule has 0 amide bonds. The number of piperidine rings is 2. The maximum atomic E-state index is 11.7. The zero-order valence-corrected chi connectivity index (χ0v) is 24.3. The first-order chi connectivity index (χ1) is 19.1. The number of carbonyl (C=O) groups is 1. The van der Waals surface area contributed by atoms with E-state index in [-0.39, 0.29) is 0 Å². The van der Waals surface area contributed by atoms with Gasteiger partial charge < -0.3 is 4.57 Å². The van der Waals surface area contributed by atoms with E-state index in [9.17, 15) is 4.79 Å². The van der Waals surface area contributed by atoms with Crippen LogP contribution in [0.25, 0.3) is 11.0 Å². The molecule has 7 rings (SSSR count). The number of rotatable bonds is 7. The molecule has 4 heterocycles. The monoisotopic (exact) mass is 530 g/mol. The van der Waals surface area contributed by atoms with Gasteiger partial charge in [-0.1, -0.05) is 44.2 Å². The Morgan fingerprint density at radius 3 is 2.31 bits per heavy atom. The lowest BCUT2D eigenvalue weighted by molar-refractivity contribution is -0.117. The molecule has 7 atom stereocenters. The van der Waals surface area contributed by atoms with E-state index in [2.05, 4.69) is 38.6 Å². The number of fused-ring (bicyclic) bond motifs is 5. The maximum Gasteiger partial charge on any atom is 0.131 e. The van der Waals surface area contributed by atoms with Crippen molar-refractivity contribution in [3.63, 3.8) is 0 Å². The normalized spacial score (nSPS) is 35.8. The van der Waals surface area contributed by atoms with Crippen molar-refractivity contribution in [2.24, 2.45) is 11.8 Å². The Bertz CT molecular complexity index is 1130. The van der Waals surface area contributed by atoms with Crippen LogP contribution in [0.4, 0.5) is 0 Å². The number of para-hydroxylation sites is 2. The van der Waals surface area contributed by atoms with Crippen LogP contribution in [0, 0.1) is 11.8 Å². The first kappa shape index (κ1) is 26.2. The highest BCUT2D eigenvalue weighted by Gasteiger charge is 2.45. The number of Topliss-reactive ketones (excluding diaryl/α,β-unsaturated/α-hetero) is 1. The van der Waals surface area contributed by atoms with Crippen molar-refractivity contribution in [2.45, 2.75) is 140 Å². The average molecular weight is 531 g/mol. The summed E-state index contributed by atoms with van der Waals surface area (Å²) < 4.78 is 2.71. The van der Waals surface area contributed by atoms with Crippen molar-refractivity contribution >= 4 is 16.8 Å². The molecular formula is C34H50N4O. The number of aromatic nitrogens is 2. The fraction of sp³-hybridized carbons (Fsp3) is 0.765. The lowest BCUT2D eigenvalue weighted by atomic mass is 9.73. The summed E-state index contributed by atoms with van der Waals surface area (Å²) in [5.74, 6) is 3.60. The van der Waals surface area contributed by atoms with Gasteiger partial charge in [-0.25, -0.2) is 4.98 Å². The first-order valence-corrected chi connectivity index (χ1v) is 16.6. The third-order valence-electron chi connectivity index (χ3n) is 11.5. The number of hydrogen-bond donors (Lipinski definition) is 0. The van der Waals surface area contributed by atoms with Gasteiger partial charge in [0.15, 0.2) is 0 Å². The highest BCUT2D eigenvalue weighted by molar-refractivity contribution is 5.76. The van der Waals surface area contributed by atoms with Gasteiger partial charge in [0.1, 0.15) is 11.6 Å². The quantitative estimate of drug-likeness (QED) is 0.389. The SMILES string of the molecule is CC(=O)CCN1CCC[C@H]1Cc1nc2ccccc2n1[C@H]1C[C@H]2CCC[C@@H](C1)N2[C@@H]1C[C@@H]2CCCC[C@@H](C2)C1. The number of nitrogens with zero attached hydrogens (tertiary/aromatic N) is 4. The van der Waals surface area contributed by atoms with Crippen molar-refractivity contribution in [1.82, 2.24) is 19.4 Å². The lowest BCUT2D eigenvalue weighted by Gasteiger charge is -2.54. The highest BCUT2D eigenvalue weighted by atomic mass is 16.1. The van der Waals surface area contributed by atoms with Crippen molar-refractivity contribution < 1.29 is 4.79 Å². The minimum atomic E-state index is 0.309. The Morgan fingerprint density at radius 2 is 1.56 bits per heavy atom. The number of likely N-dealkylation sites (tertiary alicyclic amines) is 1. The second-order valence-corrected chi connectivity index (χ2v) is 14.1. The minimum absolute atomic E-state index is 0.309. The largest absolute Gasteiger partial charge is 0.325 e. The Kier molecular flexibility index (Phi) is 7.57. The molecule has 1 aromatic heterocycles. The summed E-state index contributed by atoms with van der Waals surface area (Å²) in [5, 5.41) is 0. The van der Waals surface area contributed by atoms with Crippen LogP contribution in [-0.4, -0.2) is 62.4 Å². The topological polar surface area (TPSA) is 41.4 Å². The van der Waals surface area contributed by atoms with Crippen LogP contribution in [0.15, 0.2) is 24.3 Å². The van der Waals surface area contributed by atoms with Gasteiger partial charge in [-0.3, -0.25) is 14.6 Å². The van der Waals surface area contributed by atoms with Crippen LogP contribution in [0.2, 0.25) is 0 Å². The lowest BCUT2D eigenvalue weighted by Crippen LogP contribution is -2.58. The summed E-state index contributed by atoms with van der Waals surface area (Å²) in [6.45, 7) is 3.77. The molecule has 0 radical (unpaired) electrons. The van der Waals surface area contributed by atoms with Gasteiger partial charge in [-0.05, 0) is 95.2 Å². The van der Waals surface area contributed by atoms with E-state index < -0.39 is 0 Å². The molecule has 39 heavy (non-hydrogen) atoms. The van der Waals surface area contributed by atoms with E-state index in [1.807, 2.05) is 0 Å². The second-order valence-electron chi connectivity index (χ2n) is 14.1. The van der Waals surface area contributed by atoms with Crippen LogP contribution >= 0.6 is 0 Å². The molecule has 2 aliphatic carbocycles. The van der Waals surface area contributed by atoms with E-state index in [1.54, 1.807) is 6.92 Å². The molecule has 5 fully saturated rings. The van der Waals surface area contributed by atoms with Crippen LogP contribution < -0.4 is 0 Å². The van der Waals surface area contributed by atoms with Gasteiger partial charge in [0, 0.05) is 49.6 Å². The smallest absolute Gasteiger partial charge is 0.131 e.